The van der Waals surface area contributed by atoms with Crippen molar-refractivity contribution in [3.05, 3.63) is 53.1 Å². The molecule has 0 spiro atoms. The van der Waals surface area contributed by atoms with Gasteiger partial charge in [-0.3, -0.25) is 13.9 Å². The van der Waals surface area contributed by atoms with Crippen molar-refractivity contribution in [2.45, 2.75) is 57.0 Å². The summed E-state index contributed by atoms with van der Waals surface area (Å²) < 4.78 is 51.3. The predicted octanol–water partition coefficient (Wildman–Crippen LogP) is 1.56. The number of nitrogens with one attached hydrogen (secondary N) is 1. The average Bonchev–Trinajstić information content (AvgIpc) is 3.08. The van der Waals surface area contributed by atoms with E-state index in [4.69, 9.17) is 30.7 Å². The maximum Gasteiger partial charge on any atom is 0.459 e. The van der Waals surface area contributed by atoms with E-state index < -0.39 is 62.3 Å². The van der Waals surface area contributed by atoms with Crippen LogP contribution in [0.25, 0.3) is 0 Å². The summed E-state index contributed by atoms with van der Waals surface area (Å²) in [5, 5.41) is 13.1. The fraction of sp³-hybridized carbons (Fsp3) is 0.435. The fourth-order valence-electron chi connectivity index (χ4n) is 3.39. The number of aliphatic hydroxyl groups is 1. The highest BCUT2D eigenvalue weighted by Gasteiger charge is 2.57. The number of aliphatic hydroxyl groups excluding tert-OH is 1. The van der Waals surface area contributed by atoms with Crippen LogP contribution in [0.2, 0.25) is 0 Å². The van der Waals surface area contributed by atoms with Crippen LogP contribution in [-0.4, -0.2) is 57.3 Å². The monoisotopic (exact) mass is 538 g/mol. The quantitative estimate of drug-likeness (QED) is 0.228. The second-order valence-electron chi connectivity index (χ2n) is 8.49. The van der Waals surface area contributed by atoms with Gasteiger partial charge >= 0.3 is 19.4 Å². The van der Waals surface area contributed by atoms with Crippen LogP contribution < -0.4 is 21.0 Å². The normalized spacial score (nSPS) is 25.7. The number of nitrogen functional groups attached to an aromatic ring is 1. The molecule has 1 aromatic heterocycles. The molecule has 0 unspecified atom stereocenters. The van der Waals surface area contributed by atoms with Crippen molar-refractivity contribution in [1.29, 1.82) is 0 Å². The minimum atomic E-state index is -4.41. The number of anilines is 1. The number of esters is 1. The molecule has 1 aliphatic heterocycles. The summed E-state index contributed by atoms with van der Waals surface area (Å²) in [7, 11) is -4.41. The van der Waals surface area contributed by atoms with Crippen molar-refractivity contribution < 1.29 is 37.4 Å². The van der Waals surface area contributed by atoms with Gasteiger partial charge in [-0.2, -0.15) is 10.1 Å². The summed E-state index contributed by atoms with van der Waals surface area (Å²) in [6, 6.07) is 7.97. The molecular formula is C23H28FN4O8P. The largest absolute Gasteiger partial charge is 0.462 e. The fourth-order valence-corrected chi connectivity index (χ4v) is 4.91. The maximum atomic E-state index is 15.1. The Labute approximate surface area is 212 Å². The van der Waals surface area contributed by atoms with Crippen LogP contribution in [-0.2, 0) is 23.4 Å². The van der Waals surface area contributed by atoms with Crippen LogP contribution in [0.3, 0.4) is 0 Å². The number of carbonyl (C=O) groups is 1. The molecule has 2 aromatic rings. The van der Waals surface area contributed by atoms with E-state index in [1.165, 1.54) is 25.1 Å². The number of nitrogens with zero attached hydrogens (tertiary/aromatic N) is 2. The molecule has 3 rings (SSSR count). The third-order valence-electron chi connectivity index (χ3n) is 5.23. The molecule has 0 aliphatic carbocycles. The topological polar surface area (TPSA) is 164 Å². The van der Waals surface area contributed by atoms with Crippen LogP contribution in [0, 0.1) is 12.3 Å². The molecule has 37 heavy (non-hydrogen) atoms. The number of hydrogen-bond acceptors (Lipinski definition) is 10. The number of aromatic nitrogens is 2. The SMILES string of the molecule is C#C[C@]1(CO[P@@](=O)(N[C@@H](C)C(=O)OC(C)C)Oc2ccccc2)O[C@@H](n2ccc(N)nc2=O)[C@H](F)[C@@H]1O. The van der Waals surface area contributed by atoms with E-state index >= 15 is 4.39 Å². The lowest BCUT2D eigenvalue weighted by atomic mass is 9.98. The van der Waals surface area contributed by atoms with Gasteiger partial charge < -0.3 is 24.8 Å². The number of rotatable bonds is 10. The molecule has 12 nitrogen and oxygen atoms in total. The Morgan fingerprint density at radius 1 is 1.38 bits per heavy atom. The van der Waals surface area contributed by atoms with E-state index in [9.17, 15) is 19.3 Å². The van der Waals surface area contributed by atoms with E-state index in [2.05, 4.69) is 16.0 Å². The van der Waals surface area contributed by atoms with Gasteiger partial charge in [-0.25, -0.2) is 13.8 Å². The van der Waals surface area contributed by atoms with Gasteiger partial charge in [0.05, 0.1) is 6.10 Å². The first-order valence-corrected chi connectivity index (χ1v) is 12.7. The van der Waals surface area contributed by atoms with Crippen molar-refractivity contribution in [3.63, 3.8) is 0 Å². The van der Waals surface area contributed by atoms with Gasteiger partial charge in [-0.1, -0.05) is 24.1 Å². The zero-order chi connectivity index (χ0) is 27.4. The molecule has 1 aromatic carbocycles. The van der Waals surface area contributed by atoms with Crippen LogP contribution in [0.5, 0.6) is 5.75 Å². The lowest BCUT2D eigenvalue weighted by Crippen LogP contribution is -2.45. The molecule has 1 fully saturated rings. The highest BCUT2D eigenvalue weighted by molar-refractivity contribution is 7.52. The third-order valence-corrected chi connectivity index (χ3v) is 6.85. The Morgan fingerprint density at radius 3 is 2.65 bits per heavy atom. The van der Waals surface area contributed by atoms with Crippen LogP contribution in [0.4, 0.5) is 10.2 Å². The number of benzene rings is 1. The molecule has 0 radical (unpaired) electrons. The van der Waals surface area contributed by atoms with Crippen molar-refractivity contribution >= 4 is 19.5 Å². The van der Waals surface area contributed by atoms with E-state index in [1.54, 1.807) is 32.0 Å². The highest BCUT2D eigenvalue weighted by atomic mass is 31.2. The zero-order valence-corrected chi connectivity index (χ0v) is 21.2. The summed E-state index contributed by atoms with van der Waals surface area (Å²) in [5.74, 6) is 1.41. The Hall–Kier alpha value is -3.27. The first-order chi connectivity index (χ1) is 17.4. The number of alkyl halides is 1. The van der Waals surface area contributed by atoms with Crippen molar-refractivity contribution in [2.75, 3.05) is 12.3 Å². The molecule has 14 heteroatoms. The Kier molecular flexibility index (Phi) is 8.73. The summed E-state index contributed by atoms with van der Waals surface area (Å²) in [4.78, 5) is 28.0. The minimum Gasteiger partial charge on any atom is -0.462 e. The molecular weight excluding hydrogens is 510 g/mol. The summed E-state index contributed by atoms with van der Waals surface area (Å²) in [5.41, 5.74) is 2.34. The average molecular weight is 538 g/mol. The molecule has 1 saturated heterocycles. The van der Waals surface area contributed by atoms with Crippen molar-refractivity contribution in [3.8, 4) is 18.1 Å². The summed E-state index contributed by atoms with van der Waals surface area (Å²) >= 11 is 0. The summed E-state index contributed by atoms with van der Waals surface area (Å²) in [6.45, 7) is 3.81. The molecule has 6 atom stereocenters. The second kappa shape index (κ2) is 11.4. The van der Waals surface area contributed by atoms with Gasteiger partial charge in [-0.05, 0) is 39.0 Å². The standard InChI is InChI=1S/C23H28FN4O8P/c1-5-23(19(29)18(24)20(35-23)28-12-11-17(25)26-22(28)31)13-33-37(32,36-16-9-7-6-8-10-16)27-15(4)21(30)34-14(2)3/h1,6-12,14-15,18-20,29H,13H2,2-4H3,(H,27,32)(H2,25,26,31)/t15-,18+,19-,20+,23+,37-/m0/s1. The molecule has 0 bridgehead atoms. The number of para-hydroxylation sites is 1. The van der Waals surface area contributed by atoms with E-state index in [0.717, 1.165) is 10.8 Å². The van der Waals surface area contributed by atoms with Crippen molar-refractivity contribution in [1.82, 2.24) is 14.6 Å². The van der Waals surface area contributed by atoms with E-state index in [0.29, 0.717) is 0 Å². The summed E-state index contributed by atoms with van der Waals surface area (Å²) in [6.07, 6.45) is 0.401. The van der Waals surface area contributed by atoms with Crippen LogP contribution >= 0.6 is 7.75 Å². The predicted molar refractivity (Wildman–Crippen MR) is 130 cm³/mol. The van der Waals surface area contributed by atoms with Gasteiger partial charge in [0.1, 0.15) is 30.3 Å². The van der Waals surface area contributed by atoms with Gasteiger partial charge in [0.15, 0.2) is 18.0 Å². The minimum absolute atomic E-state index is 0.100. The van der Waals surface area contributed by atoms with Gasteiger partial charge in [-0.15, -0.1) is 6.42 Å². The first kappa shape index (κ1) is 28.3. The number of hydrogen-bond donors (Lipinski definition) is 3. The maximum absolute atomic E-state index is 15.1. The number of terminal acetylenes is 1. The van der Waals surface area contributed by atoms with E-state index in [-0.39, 0.29) is 11.6 Å². The van der Waals surface area contributed by atoms with Crippen molar-refractivity contribution in [2.24, 2.45) is 0 Å². The first-order valence-electron chi connectivity index (χ1n) is 11.2. The number of carbonyl (C=O) groups excluding carboxylic acids is 1. The lowest BCUT2D eigenvalue weighted by molar-refractivity contribution is -0.149. The van der Waals surface area contributed by atoms with Gasteiger partial charge in [0.25, 0.3) is 0 Å². The molecule has 0 amide bonds. The lowest BCUT2D eigenvalue weighted by Gasteiger charge is -2.29. The highest BCUT2D eigenvalue weighted by Crippen LogP contribution is 2.48. The molecule has 1 aliphatic rings. The van der Waals surface area contributed by atoms with Crippen LogP contribution in [0.15, 0.2) is 47.4 Å². The van der Waals surface area contributed by atoms with Gasteiger partial charge in [0, 0.05) is 6.20 Å². The Morgan fingerprint density at radius 2 is 2.05 bits per heavy atom. The Bertz CT molecular complexity index is 1250. The zero-order valence-electron chi connectivity index (χ0n) is 20.3. The molecule has 200 valence electrons. The van der Waals surface area contributed by atoms with Gasteiger partial charge in [0.2, 0.25) is 0 Å². The molecule has 0 saturated carbocycles. The van der Waals surface area contributed by atoms with E-state index in [1.807, 2.05) is 0 Å². The molecule has 4 N–H and O–H groups in total. The number of nitrogens with two attached hydrogens (primary N) is 1. The third kappa shape index (κ3) is 6.54. The second-order valence-corrected chi connectivity index (χ2v) is 10.2. The van der Waals surface area contributed by atoms with Crippen LogP contribution in [0.1, 0.15) is 27.0 Å². The molecule has 2 heterocycles. The smallest absolute Gasteiger partial charge is 0.459 e. The Balaban J connectivity index is 1.86. The number of halogens is 1. The number of ether oxygens (including phenoxy) is 2.